The maximum atomic E-state index is 12.1. The van der Waals surface area contributed by atoms with Gasteiger partial charge in [0.2, 0.25) is 0 Å². The molecule has 2 amide bonds. The van der Waals surface area contributed by atoms with Gasteiger partial charge in [-0.3, -0.25) is 4.79 Å². The van der Waals surface area contributed by atoms with E-state index in [9.17, 15) is 9.59 Å². The van der Waals surface area contributed by atoms with E-state index in [1.54, 1.807) is 19.1 Å². The van der Waals surface area contributed by atoms with E-state index in [0.717, 1.165) is 29.9 Å². The first-order chi connectivity index (χ1) is 12.0. The van der Waals surface area contributed by atoms with Crippen molar-refractivity contribution in [1.82, 2.24) is 10.2 Å². The van der Waals surface area contributed by atoms with Crippen LogP contribution in [0.2, 0.25) is 0 Å². The second-order valence-electron chi connectivity index (χ2n) is 6.11. The number of aryl methyl sites for hydroxylation is 1. The van der Waals surface area contributed by atoms with Gasteiger partial charge in [0.1, 0.15) is 11.5 Å². The Morgan fingerprint density at radius 3 is 2.56 bits per heavy atom. The molecule has 1 aliphatic rings. The van der Waals surface area contributed by atoms with E-state index < -0.39 is 5.97 Å². The number of ether oxygens (including phenoxy) is 2. The van der Waals surface area contributed by atoms with Gasteiger partial charge in [-0.1, -0.05) is 0 Å². The first-order valence-electron chi connectivity index (χ1n) is 8.51. The fourth-order valence-electron chi connectivity index (χ4n) is 2.99. The van der Waals surface area contributed by atoms with Crippen LogP contribution >= 0.6 is 0 Å². The zero-order valence-electron chi connectivity index (χ0n) is 14.8. The van der Waals surface area contributed by atoms with Crippen molar-refractivity contribution < 1.29 is 24.2 Å². The molecule has 0 unspecified atom stereocenters. The van der Waals surface area contributed by atoms with Crippen molar-refractivity contribution in [3.63, 3.8) is 0 Å². The normalized spacial score (nSPS) is 14.9. The predicted octanol–water partition coefficient (Wildman–Crippen LogP) is 2.14. The molecule has 138 valence electrons. The van der Waals surface area contributed by atoms with E-state index in [1.165, 1.54) is 0 Å². The van der Waals surface area contributed by atoms with E-state index in [1.807, 2.05) is 18.2 Å². The lowest BCUT2D eigenvalue weighted by Crippen LogP contribution is -2.45. The summed E-state index contributed by atoms with van der Waals surface area (Å²) in [5.41, 5.74) is 1.04. The molecule has 7 nitrogen and oxygen atoms in total. The maximum Gasteiger partial charge on any atom is 0.317 e. The highest BCUT2D eigenvalue weighted by molar-refractivity contribution is 5.75. The van der Waals surface area contributed by atoms with Crippen molar-refractivity contribution in [2.45, 2.75) is 25.7 Å². The smallest absolute Gasteiger partial charge is 0.317 e. The molecular weight excluding hydrogens is 324 g/mol. The van der Waals surface area contributed by atoms with Gasteiger partial charge in [0, 0.05) is 19.6 Å². The Balaban J connectivity index is 1.74. The van der Waals surface area contributed by atoms with Crippen LogP contribution in [0.4, 0.5) is 4.79 Å². The average Bonchev–Trinajstić information content (AvgIpc) is 2.64. The largest absolute Gasteiger partial charge is 0.497 e. The fraction of sp³-hybridized carbons (Fsp3) is 0.556. The summed E-state index contributed by atoms with van der Waals surface area (Å²) in [5, 5.41) is 11.9. The minimum Gasteiger partial charge on any atom is -0.497 e. The van der Waals surface area contributed by atoms with Crippen LogP contribution in [0.1, 0.15) is 24.8 Å². The summed E-state index contributed by atoms with van der Waals surface area (Å²) in [4.78, 5) is 24.8. The maximum absolute atomic E-state index is 12.1. The van der Waals surface area contributed by atoms with Gasteiger partial charge in [-0.15, -0.1) is 0 Å². The molecule has 1 aromatic rings. The third-order valence-electron chi connectivity index (χ3n) is 4.52. The number of nitrogens with zero attached hydrogens (tertiary/aromatic N) is 1. The Morgan fingerprint density at radius 2 is 1.96 bits per heavy atom. The molecule has 0 bridgehead atoms. The first-order valence-corrected chi connectivity index (χ1v) is 8.51. The molecule has 2 rings (SSSR count). The zero-order chi connectivity index (χ0) is 18.2. The molecule has 2 N–H and O–H groups in total. The SMILES string of the molecule is COc1ccc(OC)c(CCCNC(=O)N2CCC(C(=O)O)CC2)c1. The number of methoxy groups -OCH3 is 2. The van der Waals surface area contributed by atoms with Crippen molar-refractivity contribution in [3.05, 3.63) is 23.8 Å². The minimum absolute atomic E-state index is 0.124. The van der Waals surface area contributed by atoms with Gasteiger partial charge in [0.05, 0.1) is 20.1 Å². The number of carbonyl (C=O) groups excluding carboxylic acids is 1. The van der Waals surface area contributed by atoms with Crippen LogP contribution in [-0.4, -0.2) is 55.9 Å². The van der Waals surface area contributed by atoms with Crippen molar-refractivity contribution in [2.24, 2.45) is 5.92 Å². The molecule has 1 fully saturated rings. The van der Waals surface area contributed by atoms with Gasteiger partial charge in [-0.25, -0.2) is 4.79 Å². The number of likely N-dealkylation sites (tertiary alicyclic amines) is 1. The lowest BCUT2D eigenvalue weighted by Gasteiger charge is -2.30. The van der Waals surface area contributed by atoms with Gasteiger partial charge in [-0.05, 0) is 49.4 Å². The number of hydrogen-bond donors (Lipinski definition) is 2. The predicted molar refractivity (Wildman–Crippen MR) is 93.2 cm³/mol. The van der Waals surface area contributed by atoms with Gasteiger partial charge < -0.3 is 24.8 Å². The summed E-state index contributed by atoms with van der Waals surface area (Å²) in [5.74, 6) is 0.487. The standard InChI is InChI=1S/C18H26N2O5/c1-24-15-5-6-16(25-2)14(12-15)4-3-9-19-18(23)20-10-7-13(8-11-20)17(21)22/h5-6,12-13H,3-4,7-11H2,1-2H3,(H,19,23)(H,21,22). The Hall–Kier alpha value is -2.44. The minimum atomic E-state index is -0.771. The summed E-state index contributed by atoms with van der Waals surface area (Å²) in [6, 6.07) is 5.54. The van der Waals surface area contributed by atoms with Crippen LogP contribution in [0.5, 0.6) is 11.5 Å². The molecule has 0 atom stereocenters. The van der Waals surface area contributed by atoms with E-state index in [0.29, 0.717) is 32.5 Å². The molecule has 7 heteroatoms. The highest BCUT2D eigenvalue weighted by Crippen LogP contribution is 2.25. The molecule has 1 saturated heterocycles. The van der Waals surface area contributed by atoms with Crippen molar-refractivity contribution in [1.29, 1.82) is 0 Å². The Kier molecular flexibility index (Phi) is 6.91. The van der Waals surface area contributed by atoms with Crippen molar-refractivity contribution in [3.8, 4) is 11.5 Å². The summed E-state index contributed by atoms with van der Waals surface area (Å²) in [6.45, 7) is 1.54. The van der Waals surface area contributed by atoms with Crippen LogP contribution in [0.15, 0.2) is 18.2 Å². The van der Waals surface area contributed by atoms with Crippen LogP contribution in [0.3, 0.4) is 0 Å². The number of carboxylic acids is 1. The van der Waals surface area contributed by atoms with E-state index in [4.69, 9.17) is 14.6 Å². The van der Waals surface area contributed by atoms with Gasteiger partial charge in [0.25, 0.3) is 0 Å². The lowest BCUT2D eigenvalue weighted by atomic mass is 9.97. The third kappa shape index (κ3) is 5.27. The first kappa shape index (κ1) is 18.9. The highest BCUT2D eigenvalue weighted by Gasteiger charge is 2.26. The van der Waals surface area contributed by atoms with Crippen LogP contribution in [-0.2, 0) is 11.2 Å². The number of benzene rings is 1. The summed E-state index contributed by atoms with van der Waals surface area (Å²) >= 11 is 0. The molecule has 0 spiro atoms. The lowest BCUT2D eigenvalue weighted by molar-refractivity contribution is -0.143. The van der Waals surface area contributed by atoms with Crippen molar-refractivity contribution >= 4 is 12.0 Å². The topological polar surface area (TPSA) is 88.1 Å². The third-order valence-corrected chi connectivity index (χ3v) is 4.52. The number of amides is 2. The molecule has 0 radical (unpaired) electrons. The summed E-state index contributed by atoms with van der Waals surface area (Å²) < 4.78 is 10.6. The number of aliphatic carboxylic acids is 1. The number of rotatable bonds is 7. The number of urea groups is 1. The fourth-order valence-corrected chi connectivity index (χ4v) is 2.99. The molecule has 1 heterocycles. The average molecular weight is 350 g/mol. The zero-order valence-corrected chi connectivity index (χ0v) is 14.8. The van der Waals surface area contributed by atoms with Gasteiger partial charge in [-0.2, -0.15) is 0 Å². The van der Waals surface area contributed by atoms with Gasteiger partial charge in [0.15, 0.2) is 0 Å². The molecule has 0 saturated carbocycles. The van der Waals surface area contributed by atoms with Crippen molar-refractivity contribution in [2.75, 3.05) is 33.9 Å². The molecule has 1 aliphatic heterocycles. The molecular formula is C18H26N2O5. The Morgan fingerprint density at radius 1 is 1.24 bits per heavy atom. The quantitative estimate of drug-likeness (QED) is 0.736. The number of piperidine rings is 1. The number of hydrogen-bond acceptors (Lipinski definition) is 4. The molecule has 25 heavy (non-hydrogen) atoms. The van der Waals surface area contributed by atoms with Gasteiger partial charge >= 0.3 is 12.0 Å². The molecule has 0 aromatic heterocycles. The van der Waals surface area contributed by atoms with E-state index in [2.05, 4.69) is 5.32 Å². The molecule has 1 aromatic carbocycles. The Labute approximate surface area is 147 Å². The van der Waals surface area contributed by atoms with E-state index >= 15 is 0 Å². The summed E-state index contributed by atoms with van der Waals surface area (Å²) in [6.07, 6.45) is 2.58. The second-order valence-corrected chi connectivity index (χ2v) is 6.11. The summed E-state index contributed by atoms with van der Waals surface area (Å²) in [7, 11) is 3.26. The Bertz CT molecular complexity index is 597. The van der Waals surface area contributed by atoms with Crippen LogP contribution in [0.25, 0.3) is 0 Å². The number of carbonyl (C=O) groups is 2. The number of nitrogens with one attached hydrogen (secondary N) is 1. The number of carboxylic acid groups (broad SMARTS) is 1. The second kappa shape index (κ2) is 9.15. The monoisotopic (exact) mass is 350 g/mol. The van der Waals surface area contributed by atoms with Crippen LogP contribution in [0, 0.1) is 5.92 Å². The molecule has 0 aliphatic carbocycles. The van der Waals surface area contributed by atoms with Crippen LogP contribution < -0.4 is 14.8 Å². The highest BCUT2D eigenvalue weighted by atomic mass is 16.5. The van der Waals surface area contributed by atoms with E-state index in [-0.39, 0.29) is 11.9 Å².